The number of aliphatic hydroxyl groups is 1. The molecule has 2 atom stereocenters. The van der Waals surface area contributed by atoms with E-state index in [0.717, 1.165) is 43.6 Å². The van der Waals surface area contributed by atoms with Crippen LogP contribution in [0.3, 0.4) is 0 Å². The highest BCUT2D eigenvalue weighted by molar-refractivity contribution is 5.53. The second-order valence-electron chi connectivity index (χ2n) is 7.11. The summed E-state index contributed by atoms with van der Waals surface area (Å²) in [6, 6.07) is 6.08. The van der Waals surface area contributed by atoms with Crippen LogP contribution < -0.4 is 0 Å². The zero-order valence-electron chi connectivity index (χ0n) is 14.4. The molecule has 5 nitrogen and oxygen atoms in total. The molecule has 132 valence electrons. The molecule has 2 fully saturated rings. The highest BCUT2D eigenvalue weighted by Gasteiger charge is 2.59. The Morgan fingerprint density at radius 3 is 2.50 bits per heavy atom. The molecule has 0 aromatic heterocycles. The molecule has 0 bridgehead atoms. The van der Waals surface area contributed by atoms with Crippen LogP contribution in [0, 0.1) is 0 Å². The van der Waals surface area contributed by atoms with Crippen molar-refractivity contribution in [2.45, 2.75) is 55.7 Å². The maximum Gasteiger partial charge on any atom is 0.183 e. The second kappa shape index (κ2) is 6.07. The Balaban J connectivity index is 1.67. The highest BCUT2D eigenvalue weighted by atomic mass is 16.7. The molecule has 1 saturated carbocycles. The van der Waals surface area contributed by atoms with Gasteiger partial charge < -0.3 is 24.1 Å². The maximum absolute atomic E-state index is 11.4. The Morgan fingerprint density at radius 1 is 1.12 bits per heavy atom. The Kier molecular flexibility index (Phi) is 4.17. The van der Waals surface area contributed by atoms with Crippen LogP contribution in [-0.2, 0) is 24.5 Å². The van der Waals surface area contributed by atoms with Gasteiger partial charge in [0, 0.05) is 38.5 Å². The fraction of sp³-hybridized carbons (Fsp3) is 0.684. The molecule has 2 aliphatic carbocycles. The van der Waals surface area contributed by atoms with Crippen molar-refractivity contribution in [1.82, 2.24) is 0 Å². The topological polar surface area (TPSA) is 57.2 Å². The molecule has 0 unspecified atom stereocenters. The predicted octanol–water partition coefficient (Wildman–Crippen LogP) is 2.97. The van der Waals surface area contributed by atoms with E-state index in [1.807, 2.05) is 12.1 Å². The largest absolute Gasteiger partial charge is 0.384 e. The van der Waals surface area contributed by atoms with Crippen molar-refractivity contribution in [1.29, 1.82) is 0 Å². The summed E-state index contributed by atoms with van der Waals surface area (Å²) in [6.45, 7) is 1.49. The molecular weight excluding hydrogens is 308 g/mol. The van der Waals surface area contributed by atoms with Gasteiger partial charge in [-0.05, 0) is 30.4 Å². The van der Waals surface area contributed by atoms with Gasteiger partial charge in [0.15, 0.2) is 12.1 Å². The van der Waals surface area contributed by atoms with Gasteiger partial charge in [0.1, 0.15) is 0 Å². The Morgan fingerprint density at radius 2 is 1.83 bits per heavy atom. The van der Waals surface area contributed by atoms with Gasteiger partial charge in [-0.2, -0.15) is 0 Å². The fourth-order valence-corrected chi connectivity index (χ4v) is 4.68. The van der Waals surface area contributed by atoms with Crippen LogP contribution in [0.2, 0.25) is 0 Å². The molecular formula is C19H26O5. The number of benzene rings is 1. The first kappa shape index (κ1) is 16.5. The molecule has 1 heterocycles. The number of rotatable bonds is 3. The van der Waals surface area contributed by atoms with Crippen LogP contribution in [0.25, 0.3) is 0 Å². The molecule has 5 heteroatoms. The lowest BCUT2D eigenvalue weighted by Gasteiger charge is -2.56. The van der Waals surface area contributed by atoms with Gasteiger partial charge in [-0.15, -0.1) is 0 Å². The summed E-state index contributed by atoms with van der Waals surface area (Å²) in [5.74, 6) is -0.475. The number of hydrogen-bond acceptors (Lipinski definition) is 5. The lowest BCUT2D eigenvalue weighted by Crippen LogP contribution is -2.55. The quantitative estimate of drug-likeness (QED) is 0.861. The van der Waals surface area contributed by atoms with Crippen molar-refractivity contribution in [2.24, 2.45) is 0 Å². The number of ether oxygens (including phenoxy) is 4. The van der Waals surface area contributed by atoms with E-state index in [0.29, 0.717) is 12.8 Å². The van der Waals surface area contributed by atoms with Crippen LogP contribution in [0.5, 0.6) is 0 Å². The van der Waals surface area contributed by atoms with E-state index in [4.69, 9.17) is 18.9 Å². The molecule has 1 N–H and O–H groups in total. The minimum atomic E-state index is -0.828. The smallest absolute Gasteiger partial charge is 0.183 e. The molecule has 1 aromatic carbocycles. The van der Waals surface area contributed by atoms with Crippen molar-refractivity contribution in [2.75, 3.05) is 27.4 Å². The number of methoxy groups -OCH3 is 2. The Hall–Kier alpha value is -0.980. The maximum atomic E-state index is 11.4. The van der Waals surface area contributed by atoms with Crippen molar-refractivity contribution in [3.8, 4) is 0 Å². The normalized spacial score (nSPS) is 31.2. The first-order valence-corrected chi connectivity index (χ1v) is 8.83. The van der Waals surface area contributed by atoms with E-state index < -0.39 is 17.7 Å². The van der Waals surface area contributed by atoms with Crippen molar-refractivity contribution in [3.63, 3.8) is 0 Å². The SMILES string of the molecule is COC(OC)c1cccc2c1[C@@]1(O)CCC3(C[C@@H]21)OCCCCO3. The standard InChI is InChI=1S/C19H26O5/c1-21-17(22-2)14-7-5-6-13-15-12-18(23-10-3-4-11-24-18)8-9-19(15,20)16(13)14/h5-7,15,17,20H,3-4,8-12H2,1-2H3/t15-,19+/m0/s1. The molecule has 1 spiro atoms. The van der Waals surface area contributed by atoms with E-state index in [9.17, 15) is 5.11 Å². The minimum absolute atomic E-state index is 0.0497. The van der Waals surface area contributed by atoms with Crippen molar-refractivity contribution < 1.29 is 24.1 Å². The summed E-state index contributed by atoms with van der Waals surface area (Å²) in [7, 11) is 3.24. The average Bonchev–Trinajstić information content (AvgIpc) is 2.84. The van der Waals surface area contributed by atoms with Crippen LogP contribution in [-0.4, -0.2) is 38.3 Å². The van der Waals surface area contributed by atoms with Crippen LogP contribution in [0.15, 0.2) is 18.2 Å². The van der Waals surface area contributed by atoms with Gasteiger partial charge in [0.2, 0.25) is 0 Å². The van der Waals surface area contributed by atoms with E-state index in [-0.39, 0.29) is 5.92 Å². The fourth-order valence-electron chi connectivity index (χ4n) is 4.68. The van der Waals surface area contributed by atoms with Crippen LogP contribution in [0.4, 0.5) is 0 Å². The van der Waals surface area contributed by atoms with Gasteiger partial charge >= 0.3 is 0 Å². The van der Waals surface area contributed by atoms with E-state index in [1.165, 1.54) is 5.56 Å². The first-order chi connectivity index (χ1) is 11.6. The van der Waals surface area contributed by atoms with Crippen LogP contribution >= 0.6 is 0 Å². The molecule has 3 aliphatic rings. The zero-order valence-corrected chi connectivity index (χ0v) is 14.4. The zero-order chi connectivity index (χ0) is 16.8. The third-order valence-corrected chi connectivity index (χ3v) is 5.87. The Labute approximate surface area is 142 Å². The summed E-state index contributed by atoms with van der Waals surface area (Å²) in [5, 5.41) is 11.4. The van der Waals surface area contributed by atoms with Gasteiger partial charge in [0.25, 0.3) is 0 Å². The average molecular weight is 334 g/mol. The summed E-state index contributed by atoms with van der Waals surface area (Å²) in [4.78, 5) is 0. The van der Waals surface area contributed by atoms with Crippen LogP contribution in [0.1, 0.15) is 61.0 Å². The lowest BCUT2D eigenvalue weighted by atomic mass is 9.55. The molecule has 0 amide bonds. The third-order valence-electron chi connectivity index (χ3n) is 5.87. The minimum Gasteiger partial charge on any atom is -0.384 e. The highest BCUT2D eigenvalue weighted by Crippen LogP contribution is 2.62. The molecule has 0 radical (unpaired) electrons. The van der Waals surface area contributed by atoms with Gasteiger partial charge in [-0.1, -0.05) is 18.2 Å². The van der Waals surface area contributed by atoms with Gasteiger partial charge in [-0.25, -0.2) is 0 Å². The van der Waals surface area contributed by atoms with Gasteiger partial charge in [-0.3, -0.25) is 0 Å². The monoisotopic (exact) mass is 334 g/mol. The molecule has 24 heavy (non-hydrogen) atoms. The van der Waals surface area contributed by atoms with Gasteiger partial charge in [0.05, 0.1) is 18.8 Å². The number of fused-ring (bicyclic) bond motifs is 4. The molecule has 1 aliphatic heterocycles. The van der Waals surface area contributed by atoms with E-state index in [2.05, 4.69) is 6.07 Å². The molecule has 1 saturated heterocycles. The molecule has 4 rings (SSSR count). The summed E-state index contributed by atoms with van der Waals surface area (Å²) >= 11 is 0. The summed E-state index contributed by atoms with van der Waals surface area (Å²) in [5.41, 5.74) is 2.25. The van der Waals surface area contributed by atoms with Crippen molar-refractivity contribution in [3.05, 3.63) is 34.9 Å². The molecule has 1 aromatic rings. The summed E-state index contributed by atoms with van der Waals surface area (Å²) in [6.07, 6.45) is 3.71. The van der Waals surface area contributed by atoms with Crippen molar-refractivity contribution >= 4 is 0 Å². The first-order valence-electron chi connectivity index (χ1n) is 8.83. The second-order valence-corrected chi connectivity index (χ2v) is 7.11. The number of hydrogen-bond donors (Lipinski definition) is 1. The lowest BCUT2D eigenvalue weighted by molar-refractivity contribution is -0.269. The van der Waals surface area contributed by atoms with E-state index >= 15 is 0 Å². The van der Waals surface area contributed by atoms with E-state index in [1.54, 1.807) is 14.2 Å². The Bertz CT molecular complexity index is 604. The summed E-state index contributed by atoms with van der Waals surface area (Å²) < 4.78 is 23.0. The third kappa shape index (κ3) is 2.34. The predicted molar refractivity (Wildman–Crippen MR) is 87.6 cm³/mol.